The molecule has 0 amide bonds. The molecule has 0 unspecified atom stereocenters. The average Bonchev–Trinajstić information content (AvgIpc) is 3.22. The smallest absolute Gasteiger partial charge is 0.335 e. The van der Waals surface area contributed by atoms with E-state index in [1.165, 1.54) is 12.8 Å². The second-order valence-electron chi connectivity index (χ2n) is 7.23. The second-order valence-corrected chi connectivity index (χ2v) is 8.15. The van der Waals surface area contributed by atoms with Gasteiger partial charge in [0.1, 0.15) is 5.75 Å². The van der Waals surface area contributed by atoms with Gasteiger partial charge >= 0.3 is 5.97 Å². The number of aromatic nitrogens is 2. The molecule has 1 aromatic heterocycles. The highest BCUT2D eigenvalue weighted by Crippen LogP contribution is 2.45. The molecule has 0 spiro atoms. The molecular formula is C20H19BrN2O3. The molecule has 1 N–H and O–H groups in total. The molecule has 4 rings (SSSR count). The van der Waals surface area contributed by atoms with Gasteiger partial charge in [0.2, 0.25) is 0 Å². The number of rotatable bonds is 6. The van der Waals surface area contributed by atoms with E-state index in [9.17, 15) is 4.79 Å². The molecule has 134 valence electrons. The number of aromatic carboxylic acids is 1. The summed E-state index contributed by atoms with van der Waals surface area (Å²) in [5.74, 6) is -0.0666. The first kappa shape index (κ1) is 17.1. The predicted molar refractivity (Wildman–Crippen MR) is 103 cm³/mol. The molecular weight excluding hydrogens is 396 g/mol. The lowest BCUT2D eigenvalue weighted by Crippen LogP contribution is -2.11. The summed E-state index contributed by atoms with van der Waals surface area (Å²) in [6, 6.07) is 11.1. The topological polar surface area (TPSA) is 64.4 Å². The lowest BCUT2D eigenvalue weighted by atomic mass is 10.1. The Balaban J connectivity index is 1.63. The number of hydrogen-bond donors (Lipinski definition) is 1. The van der Waals surface area contributed by atoms with Gasteiger partial charge in [-0.2, -0.15) is 5.10 Å². The van der Waals surface area contributed by atoms with E-state index in [4.69, 9.17) is 9.84 Å². The van der Waals surface area contributed by atoms with E-state index in [1.807, 2.05) is 22.9 Å². The zero-order valence-corrected chi connectivity index (χ0v) is 16.0. The fraction of sp³-hybridized carbons (Fsp3) is 0.300. The van der Waals surface area contributed by atoms with Crippen molar-refractivity contribution < 1.29 is 14.6 Å². The molecule has 0 radical (unpaired) electrons. The predicted octanol–water partition coefficient (Wildman–Crippen LogP) is 4.72. The van der Waals surface area contributed by atoms with Gasteiger partial charge in [0.25, 0.3) is 0 Å². The van der Waals surface area contributed by atoms with Crippen LogP contribution in [-0.2, 0) is 6.54 Å². The number of fused-ring (bicyclic) bond motifs is 1. The van der Waals surface area contributed by atoms with Crippen molar-refractivity contribution in [3.63, 3.8) is 0 Å². The fourth-order valence-electron chi connectivity index (χ4n) is 2.93. The molecule has 2 aromatic carbocycles. The average molecular weight is 415 g/mol. The van der Waals surface area contributed by atoms with Crippen LogP contribution in [0.25, 0.3) is 10.9 Å². The van der Waals surface area contributed by atoms with Crippen LogP contribution in [0.1, 0.15) is 35.7 Å². The Bertz CT molecular complexity index is 992. The van der Waals surface area contributed by atoms with Gasteiger partial charge in [-0.3, -0.25) is 4.68 Å². The van der Waals surface area contributed by atoms with E-state index in [1.54, 1.807) is 24.4 Å². The van der Waals surface area contributed by atoms with Gasteiger partial charge in [0.05, 0.1) is 30.4 Å². The van der Waals surface area contributed by atoms with Crippen LogP contribution in [0.15, 0.2) is 47.1 Å². The number of halogens is 1. The summed E-state index contributed by atoms with van der Waals surface area (Å²) in [5.41, 5.74) is 2.52. The molecule has 1 aliphatic rings. The highest BCUT2D eigenvalue weighted by molar-refractivity contribution is 9.10. The molecule has 0 atom stereocenters. The summed E-state index contributed by atoms with van der Waals surface area (Å²) >= 11 is 3.53. The van der Waals surface area contributed by atoms with Gasteiger partial charge in [-0.05, 0) is 49.2 Å². The Morgan fingerprint density at radius 3 is 2.85 bits per heavy atom. The van der Waals surface area contributed by atoms with Crippen LogP contribution in [0.4, 0.5) is 0 Å². The van der Waals surface area contributed by atoms with Gasteiger partial charge in [-0.15, -0.1) is 0 Å². The van der Waals surface area contributed by atoms with Gasteiger partial charge in [-0.1, -0.05) is 22.9 Å². The third-order valence-corrected chi connectivity index (χ3v) is 5.40. The highest BCUT2D eigenvalue weighted by atomic mass is 79.9. The number of benzene rings is 2. The van der Waals surface area contributed by atoms with Crippen LogP contribution in [-0.4, -0.2) is 27.5 Å². The number of carboxylic acid groups (broad SMARTS) is 1. The summed E-state index contributed by atoms with van der Waals surface area (Å²) in [4.78, 5) is 11.1. The van der Waals surface area contributed by atoms with Gasteiger partial charge in [0.15, 0.2) is 0 Å². The van der Waals surface area contributed by atoms with Crippen molar-refractivity contribution >= 4 is 32.8 Å². The molecule has 1 saturated carbocycles. The first-order valence-electron chi connectivity index (χ1n) is 8.54. The molecule has 1 fully saturated rings. The van der Waals surface area contributed by atoms with E-state index >= 15 is 0 Å². The summed E-state index contributed by atoms with van der Waals surface area (Å²) in [5, 5.41) is 14.4. The van der Waals surface area contributed by atoms with Crippen LogP contribution in [0.3, 0.4) is 0 Å². The molecule has 5 nitrogen and oxygen atoms in total. The second kappa shape index (κ2) is 6.43. The van der Waals surface area contributed by atoms with Crippen LogP contribution >= 0.6 is 15.9 Å². The maximum atomic E-state index is 11.1. The summed E-state index contributed by atoms with van der Waals surface area (Å²) in [7, 11) is 0. The van der Waals surface area contributed by atoms with Gasteiger partial charge < -0.3 is 9.84 Å². The monoisotopic (exact) mass is 414 g/mol. The number of nitrogens with zero attached hydrogens (tertiary/aromatic N) is 2. The number of hydrogen-bond acceptors (Lipinski definition) is 3. The Hall–Kier alpha value is -2.34. The minimum Gasteiger partial charge on any atom is -0.493 e. The van der Waals surface area contributed by atoms with Crippen molar-refractivity contribution in [1.29, 1.82) is 0 Å². The van der Waals surface area contributed by atoms with Crippen molar-refractivity contribution in [1.82, 2.24) is 9.78 Å². The van der Waals surface area contributed by atoms with E-state index in [0.29, 0.717) is 12.0 Å². The molecule has 0 bridgehead atoms. The minimum absolute atomic E-state index is 0.265. The minimum atomic E-state index is -0.934. The highest BCUT2D eigenvalue weighted by Gasteiger charge is 2.38. The Morgan fingerprint density at radius 2 is 2.12 bits per heavy atom. The Morgan fingerprint density at radius 1 is 1.31 bits per heavy atom. The molecule has 0 aliphatic heterocycles. The lowest BCUT2D eigenvalue weighted by molar-refractivity contribution is 0.0697. The standard InChI is InChI=1S/C20H19BrN2O3/c1-20(6-7-20)12-26-18-5-3-16(21)9-15(18)11-23-17-4-2-13(19(24)25)8-14(17)10-22-23/h2-5,8-10H,6-7,11-12H2,1H3,(H,24,25). The Kier molecular flexibility index (Phi) is 4.23. The Labute approximate surface area is 159 Å². The fourth-order valence-corrected chi connectivity index (χ4v) is 3.34. The maximum absolute atomic E-state index is 11.1. The SMILES string of the molecule is CC1(COc2ccc(Br)cc2Cn2ncc3cc(C(=O)O)ccc32)CC1. The third-order valence-electron chi connectivity index (χ3n) is 4.91. The first-order valence-corrected chi connectivity index (χ1v) is 9.33. The maximum Gasteiger partial charge on any atom is 0.335 e. The number of ether oxygens (including phenoxy) is 1. The van der Waals surface area contributed by atoms with E-state index < -0.39 is 5.97 Å². The number of carbonyl (C=O) groups is 1. The number of carboxylic acids is 1. The normalized spacial score (nSPS) is 15.2. The van der Waals surface area contributed by atoms with E-state index in [0.717, 1.165) is 33.3 Å². The summed E-state index contributed by atoms with van der Waals surface area (Å²) < 4.78 is 8.95. The lowest BCUT2D eigenvalue weighted by Gasteiger charge is -2.15. The summed E-state index contributed by atoms with van der Waals surface area (Å²) in [6.45, 7) is 3.53. The van der Waals surface area contributed by atoms with Gasteiger partial charge in [0, 0.05) is 20.8 Å². The molecule has 26 heavy (non-hydrogen) atoms. The molecule has 6 heteroatoms. The molecule has 1 heterocycles. The van der Waals surface area contributed by atoms with Crippen LogP contribution < -0.4 is 4.74 Å². The van der Waals surface area contributed by atoms with Crippen LogP contribution in [0.2, 0.25) is 0 Å². The van der Waals surface area contributed by atoms with Crippen molar-refractivity contribution in [3.05, 3.63) is 58.2 Å². The van der Waals surface area contributed by atoms with Crippen LogP contribution in [0, 0.1) is 5.41 Å². The van der Waals surface area contributed by atoms with Crippen molar-refractivity contribution in [2.75, 3.05) is 6.61 Å². The van der Waals surface area contributed by atoms with E-state index in [-0.39, 0.29) is 5.56 Å². The molecule has 3 aromatic rings. The molecule has 1 aliphatic carbocycles. The summed E-state index contributed by atoms with van der Waals surface area (Å²) in [6.07, 6.45) is 4.13. The zero-order valence-electron chi connectivity index (χ0n) is 14.4. The zero-order chi connectivity index (χ0) is 18.3. The largest absolute Gasteiger partial charge is 0.493 e. The van der Waals surface area contributed by atoms with Crippen molar-refractivity contribution in [3.8, 4) is 5.75 Å². The van der Waals surface area contributed by atoms with Crippen molar-refractivity contribution in [2.24, 2.45) is 5.41 Å². The van der Waals surface area contributed by atoms with E-state index in [2.05, 4.69) is 28.0 Å². The van der Waals surface area contributed by atoms with Gasteiger partial charge in [-0.25, -0.2) is 4.79 Å². The van der Waals surface area contributed by atoms with Crippen LogP contribution in [0.5, 0.6) is 5.75 Å². The third kappa shape index (κ3) is 3.46. The van der Waals surface area contributed by atoms with Crippen molar-refractivity contribution in [2.45, 2.75) is 26.3 Å². The quantitative estimate of drug-likeness (QED) is 0.633. The first-order chi connectivity index (χ1) is 12.4. The molecule has 0 saturated heterocycles.